The molecule has 0 radical (unpaired) electrons. The second-order valence-electron chi connectivity index (χ2n) is 7.19. The van der Waals surface area contributed by atoms with Crippen LogP contribution in [0.5, 0.6) is 5.75 Å². The van der Waals surface area contributed by atoms with Crippen LogP contribution in [0, 0.1) is 0 Å². The molecule has 1 atom stereocenters. The lowest BCUT2D eigenvalue weighted by Crippen LogP contribution is -2.22. The molecule has 2 rings (SSSR count). The third kappa shape index (κ3) is 9.33. The maximum Gasteiger partial charge on any atom is 0.121 e. The molecule has 2 aromatic carbocycles. The summed E-state index contributed by atoms with van der Waals surface area (Å²) >= 11 is 12.2. The Morgan fingerprint density at radius 3 is 2.42 bits per heavy atom. The minimum atomic E-state index is -0.685. The molecular weight excluding hydrogens is 441 g/mol. The smallest absolute Gasteiger partial charge is 0.121 e. The van der Waals surface area contributed by atoms with Crippen molar-refractivity contribution in [2.45, 2.75) is 38.6 Å². The molecule has 0 bridgehead atoms. The van der Waals surface area contributed by atoms with Crippen LogP contribution in [-0.2, 0) is 22.7 Å². The van der Waals surface area contributed by atoms with Crippen LogP contribution in [0.25, 0.3) is 0 Å². The van der Waals surface area contributed by atoms with Crippen LogP contribution in [0.1, 0.15) is 42.1 Å². The first-order valence-corrected chi connectivity index (χ1v) is 11.2. The molecule has 0 amide bonds. The number of aliphatic hydroxyl groups is 2. The molecule has 0 fully saturated rings. The van der Waals surface area contributed by atoms with Crippen molar-refractivity contribution in [3.8, 4) is 5.75 Å². The molecule has 0 aliphatic rings. The van der Waals surface area contributed by atoms with Gasteiger partial charge in [0.2, 0.25) is 0 Å². The van der Waals surface area contributed by atoms with E-state index in [-0.39, 0.29) is 12.4 Å². The van der Waals surface area contributed by atoms with E-state index >= 15 is 0 Å². The Bertz CT molecular complexity index is 770. The molecule has 0 unspecified atom stereocenters. The van der Waals surface area contributed by atoms with Gasteiger partial charge in [-0.25, -0.2) is 0 Å². The van der Waals surface area contributed by atoms with E-state index < -0.39 is 6.10 Å². The summed E-state index contributed by atoms with van der Waals surface area (Å²) in [5.41, 5.74) is 1.87. The van der Waals surface area contributed by atoms with Crippen molar-refractivity contribution >= 4 is 23.2 Å². The SMILES string of the molecule is OCc1cc([C@@H](O)CNCCCCCOCCOCc2c(Cl)cccc2Cl)ccc1O. The van der Waals surface area contributed by atoms with Gasteiger partial charge in [0.05, 0.1) is 32.5 Å². The van der Waals surface area contributed by atoms with Gasteiger partial charge in [0, 0.05) is 34.3 Å². The minimum absolute atomic E-state index is 0.0326. The van der Waals surface area contributed by atoms with Gasteiger partial charge in [0.1, 0.15) is 5.75 Å². The van der Waals surface area contributed by atoms with E-state index in [4.69, 9.17) is 32.7 Å². The summed E-state index contributed by atoms with van der Waals surface area (Å²) in [4.78, 5) is 0. The van der Waals surface area contributed by atoms with E-state index in [0.29, 0.717) is 54.1 Å². The Morgan fingerprint density at radius 1 is 0.935 bits per heavy atom. The number of hydrogen-bond acceptors (Lipinski definition) is 6. The van der Waals surface area contributed by atoms with E-state index in [1.54, 1.807) is 30.3 Å². The van der Waals surface area contributed by atoms with Crippen molar-refractivity contribution in [3.05, 3.63) is 63.1 Å². The number of aliphatic hydroxyl groups excluding tert-OH is 2. The second-order valence-corrected chi connectivity index (χ2v) is 8.01. The standard InChI is InChI=1S/C23H31Cl2NO5/c24-20-5-4-6-21(25)19(20)16-31-12-11-30-10-3-1-2-9-26-14-23(29)17-7-8-22(28)18(13-17)15-27/h4-8,13,23,26-29H,1-3,9-12,14-16H2/t23-/m0/s1. The molecule has 6 nitrogen and oxygen atoms in total. The van der Waals surface area contributed by atoms with Gasteiger partial charge in [-0.15, -0.1) is 0 Å². The second kappa shape index (κ2) is 14.6. The van der Waals surface area contributed by atoms with Gasteiger partial charge in [-0.3, -0.25) is 0 Å². The number of phenols is 1. The lowest BCUT2D eigenvalue weighted by molar-refractivity contribution is 0.0393. The summed E-state index contributed by atoms with van der Waals surface area (Å²) in [6.07, 6.45) is 2.27. The van der Waals surface area contributed by atoms with Crippen LogP contribution in [0.2, 0.25) is 10.0 Å². The van der Waals surface area contributed by atoms with Gasteiger partial charge in [0.25, 0.3) is 0 Å². The molecule has 172 valence electrons. The molecule has 31 heavy (non-hydrogen) atoms. The van der Waals surface area contributed by atoms with Gasteiger partial charge in [-0.05, 0) is 55.6 Å². The maximum absolute atomic E-state index is 10.2. The topological polar surface area (TPSA) is 91.2 Å². The number of nitrogens with one attached hydrogen (secondary N) is 1. The maximum atomic E-state index is 10.2. The highest BCUT2D eigenvalue weighted by Crippen LogP contribution is 2.25. The lowest BCUT2D eigenvalue weighted by Gasteiger charge is -2.14. The van der Waals surface area contributed by atoms with Crippen molar-refractivity contribution in [3.63, 3.8) is 0 Å². The van der Waals surface area contributed by atoms with Crippen LogP contribution < -0.4 is 5.32 Å². The number of rotatable bonds is 15. The molecule has 0 aliphatic heterocycles. The molecule has 0 heterocycles. The first-order valence-electron chi connectivity index (χ1n) is 10.4. The highest BCUT2D eigenvalue weighted by molar-refractivity contribution is 6.35. The quantitative estimate of drug-likeness (QED) is 0.290. The predicted octanol–water partition coefficient (Wildman–Crippen LogP) is 4.22. The number of benzene rings is 2. The zero-order valence-electron chi connectivity index (χ0n) is 17.5. The zero-order chi connectivity index (χ0) is 22.5. The molecule has 0 saturated carbocycles. The van der Waals surface area contributed by atoms with Crippen LogP contribution in [0.15, 0.2) is 36.4 Å². The minimum Gasteiger partial charge on any atom is -0.508 e. The first-order chi connectivity index (χ1) is 15.0. The summed E-state index contributed by atoms with van der Waals surface area (Å²) in [7, 11) is 0. The molecule has 0 aromatic heterocycles. The van der Waals surface area contributed by atoms with Crippen molar-refractivity contribution < 1.29 is 24.8 Å². The highest BCUT2D eigenvalue weighted by atomic mass is 35.5. The number of hydrogen-bond donors (Lipinski definition) is 4. The van der Waals surface area contributed by atoms with E-state index in [1.807, 2.05) is 0 Å². The van der Waals surface area contributed by atoms with Gasteiger partial charge >= 0.3 is 0 Å². The number of unbranched alkanes of at least 4 members (excludes halogenated alkanes) is 2. The summed E-state index contributed by atoms with van der Waals surface area (Å²) in [5, 5.41) is 33.4. The Labute approximate surface area is 193 Å². The van der Waals surface area contributed by atoms with E-state index in [9.17, 15) is 15.3 Å². The van der Waals surface area contributed by atoms with Gasteiger partial charge in [-0.1, -0.05) is 35.3 Å². The normalized spacial score (nSPS) is 12.3. The van der Waals surface area contributed by atoms with Crippen molar-refractivity contribution in [2.24, 2.45) is 0 Å². The molecule has 2 aromatic rings. The zero-order valence-corrected chi connectivity index (χ0v) is 19.0. The average Bonchev–Trinajstić information content (AvgIpc) is 2.76. The van der Waals surface area contributed by atoms with Crippen LogP contribution >= 0.6 is 23.2 Å². The Morgan fingerprint density at radius 2 is 1.68 bits per heavy atom. The average molecular weight is 472 g/mol. The Hall–Kier alpha value is -1.38. The van der Waals surface area contributed by atoms with Gasteiger partial charge < -0.3 is 30.1 Å². The van der Waals surface area contributed by atoms with E-state index in [1.165, 1.54) is 6.07 Å². The summed E-state index contributed by atoms with van der Waals surface area (Å²) < 4.78 is 11.1. The fraction of sp³-hybridized carbons (Fsp3) is 0.478. The number of aromatic hydroxyl groups is 1. The molecular formula is C23H31Cl2NO5. The van der Waals surface area contributed by atoms with Crippen molar-refractivity contribution in [1.29, 1.82) is 0 Å². The number of halogens is 2. The monoisotopic (exact) mass is 471 g/mol. The number of ether oxygens (including phenoxy) is 2. The Kier molecular flexibility index (Phi) is 12.2. The first kappa shape index (κ1) is 25.9. The largest absolute Gasteiger partial charge is 0.508 e. The van der Waals surface area contributed by atoms with Crippen molar-refractivity contribution in [1.82, 2.24) is 5.32 Å². The van der Waals surface area contributed by atoms with Crippen molar-refractivity contribution in [2.75, 3.05) is 32.9 Å². The predicted molar refractivity (Wildman–Crippen MR) is 123 cm³/mol. The molecule has 4 N–H and O–H groups in total. The summed E-state index contributed by atoms with van der Waals surface area (Å²) in [5.74, 6) is 0.0326. The highest BCUT2D eigenvalue weighted by Gasteiger charge is 2.10. The van der Waals surface area contributed by atoms with Crippen LogP contribution in [0.4, 0.5) is 0 Å². The fourth-order valence-corrected chi connectivity index (χ4v) is 3.50. The molecule has 0 aliphatic carbocycles. The van der Waals surface area contributed by atoms with Gasteiger partial charge in [0.15, 0.2) is 0 Å². The summed E-state index contributed by atoms with van der Waals surface area (Å²) in [6, 6.07) is 10.1. The van der Waals surface area contributed by atoms with Gasteiger partial charge in [-0.2, -0.15) is 0 Å². The molecule has 0 saturated heterocycles. The lowest BCUT2D eigenvalue weighted by atomic mass is 10.1. The van der Waals surface area contributed by atoms with Crippen LogP contribution in [-0.4, -0.2) is 48.2 Å². The van der Waals surface area contributed by atoms with Crippen LogP contribution in [0.3, 0.4) is 0 Å². The fourth-order valence-electron chi connectivity index (χ4n) is 2.99. The van der Waals surface area contributed by atoms with E-state index in [2.05, 4.69) is 5.32 Å². The third-order valence-corrected chi connectivity index (χ3v) is 5.53. The molecule has 0 spiro atoms. The Balaban J connectivity index is 1.44. The summed E-state index contributed by atoms with van der Waals surface area (Å²) in [6.45, 7) is 3.00. The third-order valence-electron chi connectivity index (χ3n) is 4.82. The molecule has 8 heteroatoms. The van der Waals surface area contributed by atoms with E-state index in [0.717, 1.165) is 31.4 Å².